The van der Waals surface area contributed by atoms with Crippen LogP contribution in [0.4, 0.5) is 0 Å². The number of rotatable bonds is 6. The van der Waals surface area contributed by atoms with Gasteiger partial charge in [-0.25, -0.2) is 0 Å². The number of allylic oxidation sites excluding steroid dienone is 4. The van der Waals surface area contributed by atoms with E-state index in [1.807, 2.05) is 13.0 Å². The Labute approximate surface area is 94.3 Å². The van der Waals surface area contributed by atoms with Crippen LogP contribution in [0.1, 0.15) is 53.9 Å². The van der Waals surface area contributed by atoms with Crippen molar-refractivity contribution < 1.29 is 4.79 Å². The molecule has 0 bridgehead atoms. The summed E-state index contributed by atoms with van der Waals surface area (Å²) in [5.74, 6) is 0.768. The minimum atomic E-state index is 0.156. The van der Waals surface area contributed by atoms with Crippen molar-refractivity contribution in [2.75, 3.05) is 0 Å². The Hall–Kier alpha value is -0.850. The molecule has 0 heterocycles. The molecule has 0 aromatic carbocycles. The second kappa shape index (κ2) is 7.44. The van der Waals surface area contributed by atoms with Crippen molar-refractivity contribution >= 4 is 5.78 Å². The Kier molecular flexibility index (Phi) is 7.02. The summed E-state index contributed by atoms with van der Waals surface area (Å²) in [4.78, 5) is 11.0. The van der Waals surface area contributed by atoms with E-state index in [2.05, 4.69) is 26.8 Å². The molecule has 86 valence electrons. The van der Waals surface area contributed by atoms with E-state index in [-0.39, 0.29) is 5.78 Å². The van der Waals surface area contributed by atoms with E-state index in [9.17, 15) is 4.79 Å². The molecule has 0 saturated carbocycles. The first-order valence-electron chi connectivity index (χ1n) is 5.85. The van der Waals surface area contributed by atoms with E-state index in [4.69, 9.17) is 0 Å². The van der Waals surface area contributed by atoms with Crippen molar-refractivity contribution in [3.63, 3.8) is 0 Å². The molecular weight excluding hydrogens is 184 g/mol. The van der Waals surface area contributed by atoms with Crippen molar-refractivity contribution in [2.24, 2.45) is 5.92 Å². The quantitative estimate of drug-likeness (QED) is 0.470. The molecule has 0 saturated heterocycles. The Morgan fingerprint density at radius 3 is 2.33 bits per heavy atom. The lowest BCUT2D eigenvalue weighted by Gasteiger charge is -2.06. The first kappa shape index (κ1) is 14.2. The molecule has 0 spiro atoms. The number of hydrogen-bond donors (Lipinski definition) is 0. The fraction of sp³-hybridized carbons (Fsp3) is 0.643. The van der Waals surface area contributed by atoms with E-state index < -0.39 is 0 Å². The van der Waals surface area contributed by atoms with Crippen LogP contribution in [0, 0.1) is 5.92 Å². The van der Waals surface area contributed by atoms with Gasteiger partial charge in [0.15, 0.2) is 5.78 Å². The zero-order chi connectivity index (χ0) is 11.8. The molecule has 0 aromatic heterocycles. The summed E-state index contributed by atoms with van der Waals surface area (Å²) in [5, 5.41) is 0. The molecular formula is C14H24O. The summed E-state index contributed by atoms with van der Waals surface area (Å²) < 4.78 is 0. The van der Waals surface area contributed by atoms with Crippen LogP contribution in [-0.4, -0.2) is 5.78 Å². The summed E-state index contributed by atoms with van der Waals surface area (Å²) in [6.45, 7) is 9.99. The summed E-state index contributed by atoms with van der Waals surface area (Å²) in [7, 11) is 0. The lowest BCUT2D eigenvalue weighted by molar-refractivity contribution is -0.113. The van der Waals surface area contributed by atoms with E-state index in [1.165, 1.54) is 24.8 Å². The third-order valence-corrected chi connectivity index (χ3v) is 2.56. The SMILES string of the molecule is CCCCC(C)/C=C(C)/C=C(\C)C(C)=O. The predicted molar refractivity (Wildman–Crippen MR) is 66.9 cm³/mol. The van der Waals surface area contributed by atoms with Gasteiger partial charge in [0.1, 0.15) is 0 Å². The Morgan fingerprint density at radius 1 is 1.27 bits per heavy atom. The maximum atomic E-state index is 11.0. The second-order valence-corrected chi connectivity index (χ2v) is 4.41. The van der Waals surface area contributed by atoms with Crippen molar-refractivity contribution in [1.29, 1.82) is 0 Å². The maximum Gasteiger partial charge on any atom is 0.155 e. The lowest BCUT2D eigenvalue weighted by atomic mass is 10.0. The van der Waals surface area contributed by atoms with Gasteiger partial charge in [-0.15, -0.1) is 0 Å². The maximum absolute atomic E-state index is 11.0. The average Bonchev–Trinajstić information content (AvgIpc) is 2.14. The smallest absolute Gasteiger partial charge is 0.155 e. The number of Topliss-reactive ketones (excluding diaryl/α,β-unsaturated/α-hetero) is 1. The summed E-state index contributed by atoms with van der Waals surface area (Å²) in [6.07, 6.45) is 7.99. The number of carbonyl (C=O) groups is 1. The van der Waals surface area contributed by atoms with E-state index in [0.717, 1.165) is 5.57 Å². The first-order chi connectivity index (χ1) is 6.97. The molecule has 1 nitrogen and oxygen atoms in total. The van der Waals surface area contributed by atoms with Crippen molar-refractivity contribution in [2.45, 2.75) is 53.9 Å². The summed E-state index contributed by atoms with van der Waals surface area (Å²) >= 11 is 0. The van der Waals surface area contributed by atoms with Crippen LogP contribution >= 0.6 is 0 Å². The fourth-order valence-corrected chi connectivity index (χ4v) is 1.55. The van der Waals surface area contributed by atoms with Gasteiger partial charge in [0, 0.05) is 0 Å². The molecule has 15 heavy (non-hydrogen) atoms. The molecule has 1 heteroatoms. The van der Waals surface area contributed by atoms with Gasteiger partial charge in [-0.05, 0) is 38.7 Å². The van der Waals surface area contributed by atoms with Crippen LogP contribution in [0.15, 0.2) is 23.3 Å². The van der Waals surface area contributed by atoms with Crippen LogP contribution < -0.4 is 0 Å². The Morgan fingerprint density at radius 2 is 1.87 bits per heavy atom. The molecule has 0 fully saturated rings. The largest absolute Gasteiger partial charge is 0.295 e. The fourth-order valence-electron chi connectivity index (χ4n) is 1.55. The van der Waals surface area contributed by atoms with Gasteiger partial charge in [-0.3, -0.25) is 4.79 Å². The van der Waals surface area contributed by atoms with Crippen molar-refractivity contribution in [1.82, 2.24) is 0 Å². The van der Waals surface area contributed by atoms with Crippen LogP contribution in [-0.2, 0) is 4.79 Å². The van der Waals surface area contributed by atoms with Gasteiger partial charge in [-0.2, -0.15) is 0 Å². The van der Waals surface area contributed by atoms with Gasteiger partial charge in [-0.1, -0.05) is 44.4 Å². The summed E-state index contributed by atoms with van der Waals surface area (Å²) in [6, 6.07) is 0. The zero-order valence-electron chi connectivity index (χ0n) is 10.8. The minimum Gasteiger partial charge on any atom is -0.295 e. The molecule has 0 radical (unpaired) electrons. The molecule has 1 atom stereocenters. The normalized spacial score (nSPS) is 15.3. The highest BCUT2D eigenvalue weighted by atomic mass is 16.1. The summed E-state index contributed by atoms with van der Waals surface area (Å²) in [5.41, 5.74) is 2.04. The topological polar surface area (TPSA) is 17.1 Å². The van der Waals surface area contributed by atoms with E-state index >= 15 is 0 Å². The lowest BCUT2D eigenvalue weighted by Crippen LogP contribution is -1.93. The number of unbranched alkanes of at least 4 members (excludes halogenated alkanes) is 1. The minimum absolute atomic E-state index is 0.156. The van der Waals surface area contributed by atoms with Gasteiger partial charge in [0.25, 0.3) is 0 Å². The molecule has 1 unspecified atom stereocenters. The van der Waals surface area contributed by atoms with E-state index in [1.54, 1.807) is 6.92 Å². The molecule has 0 aromatic rings. The predicted octanol–water partition coefficient (Wildman–Crippen LogP) is 4.29. The van der Waals surface area contributed by atoms with Gasteiger partial charge in [0.2, 0.25) is 0 Å². The number of carbonyl (C=O) groups excluding carboxylic acids is 1. The van der Waals surface area contributed by atoms with E-state index in [0.29, 0.717) is 5.92 Å². The van der Waals surface area contributed by atoms with Gasteiger partial charge >= 0.3 is 0 Å². The Bertz CT molecular complexity index is 259. The molecule has 0 N–H and O–H groups in total. The highest BCUT2D eigenvalue weighted by Gasteiger charge is 1.99. The van der Waals surface area contributed by atoms with Crippen LogP contribution in [0.3, 0.4) is 0 Å². The molecule has 0 rings (SSSR count). The van der Waals surface area contributed by atoms with Crippen LogP contribution in [0.25, 0.3) is 0 Å². The van der Waals surface area contributed by atoms with Gasteiger partial charge < -0.3 is 0 Å². The van der Waals surface area contributed by atoms with Gasteiger partial charge in [0.05, 0.1) is 0 Å². The molecule has 0 aliphatic carbocycles. The standard InChI is InChI=1S/C14H24O/c1-6-7-8-11(2)9-12(3)10-13(4)14(5)15/h9-11H,6-8H2,1-5H3/b12-9+,13-10+. The molecule has 0 aliphatic rings. The molecule has 0 aliphatic heterocycles. The molecule has 0 amide bonds. The monoisotopic (exact) mass is 208 g/mol. The number of ketones is 1. The number of hydrogen-bond acceptors (Lipinski definition) is 1. The first-order valence-corrected chi connectivity index (χ1v) is 5.85. The Balaban J connectivity index is 4.30. The third-order valence-electron chi connectivity index (χ3n) is 2.56. The van der Waals surface area contributed by atoms with Crippen LogP contribution in [0.5, 0.6) is 0 Å². The average molecular weight is 208 g/mol. The van der Waals surface area contributed by atoms with Crippen molar-refractivity contribution in [3.8, 4) is 0 Å². The highest BCUT2D eigenvalue weighted by molar-refractivity contribution is 5.93. The third kappa shape index (κ3) is 7.12. The van der Waals surface area contributed by atoms with Crippen molar-refractivity contribution in [3.05, 3.63) is 23.3 Å². The zero-order valence-corrected chi connectivity index (χ0v) is 10.8. The van der Waals surface area contributed by atoms with Crippen LogP contribution in [0.2, 0.25) is 0 Å². The second-order valence-electron chi connectivity index (χ2n) is 4.41. The highest BCUT2D eigenvalue weighted by Crippen LogP contribution is 2.13.